The average Bonchev–Trinajstić information content (AvgIpc) is 3.80. The van der Waals surface area contributed by atoms with Crippen molar-refractivity contribution >= 4 is 11.4 Å². The first-order valence-electron chi connectivity index (χ1n) is 19.9. The van der Waals surface area contributed by atoms with Gasteiger partial charge in [-0.3, -0.25) is 0 Å². The molecule has 2 atom stereocenters. The van der Waals surface area contributed by atoms with Gasteiger partial charge in [-0.15, -0.1) is 0 Å². The molecule has 0 bridgehead atoms. The summed E-state index contributed by atoms with van der Waals surface area (Å²) >= 11 is 0. The highest BCUT2D eigenvalue weighted by Gasteiger charge is 2.46. The third-order valence-electron chi connectivity index (χ3n) is 12.9. The van der Waals surface area contributed by atoms with Crippen molar-refractivity contribution in [3.05, 3.63) is 139 Å². The van der Waals surface area contributed by atoms with Crippen LogP contribution in [-0.2, 0) is 13.1 Å². The van der Waals surface area contributed by atoms with Crippen LogP contribution in [0.4, 0.5) is 11.4 Å². The molecule has 2 N–H and O–H groups in total. The van der Waals surface area contributed by atoms with Gasteiger partial charge in [-0.05, 0) is 151 Å². The van der Waals surface area contributed by atoms with E-state index in [1.165, 1.54) is 72.4 Å². The molecule has 0 amide bonds. The highest BCUT2D eigenvalue weighted by molar-refractivity contribution is 5.73. The summed E-state index contributed by atoms with van der Waals surface area (Å²) in [6.45, 7) is 27.8. The zero-order valence-electron chi connectivity index (χ0n) is 36.0. The van der Waals surface area contributed by atoms with Crippen LogP contribution in [0.25, 0.3) is 0 Å². The number of methoxy groups -OCH3 is 2. The van der Waals surface area contributed by atoms with Crippen LogP contribution >= 0.6 is 0 Å². The molecule has 5 aromatic rings. The van der Waals surface area contributed by atoms with E-state index in [0.29, 0.717) is 0 Å². The molecular formula is C50H60N2O4. The molecule has 5 aromatic carbocycles. The minimum atomic E-state index is -0.313. The molecular weight excluding hydrogens is 693 g/mol. The van der Waals surface area contributed by atoms with Crippen molar-refractivity contribution in [2.75, 3.05) is 24.9 Å². The Morgan fingerprint density at radius 1 is 0.554 bits per heavy atom. The first-order chi connectivity index (χ1) is 26.4. The maximum Gasteiger partial charge on any atom is 0.161 e. The third-order valence-corrected chi connectivity index (χ3v) is 12.9. The Labute approximate surface area is 335 Å². The number of nitrogens with two attached hydrogens (primary N) is 1. The maximum atomic E-state index is 6.67. The van der Waals surface area contributed by atoms with Gasteiger partial charge in [-0.2, -0.15) is 0 Å². The van der Waals surface area contributed by atoms with Crippen molar-refractivity contribution in [2.45, 2.75) is 119 Å². The Morgan fingerprint density at radius 2 is 0.946 bits per heavy atom. The summed E-state index contributed by atoms with van der Waals surface area (Å²) in [6.07, 6.45) is 0. The van der Waals surface area contributed by atoms with Gasteiger partial charge < -0.3 is 29.6 Å². The predicted molar refractivity (Wildman–Crippen MR) is 231 cm³/mol. The monoisotopic (exact) mass is 752 g/mol. The van der Waals surface area contributed by atoms with E-state index in [0.717, 1.165) is 52.9 Å². The number of anilines is 2. The van der Waals surface area contributed by atoms with E-state index >= 15 is 0 Å². The molecule has 0 saturated heterocycles. The molecule has 0 radical (unpaired) electrons. The summed E-state index contributed by atoms with van der Waals surface area (Å²) < 4.78 is 24.2. The van der Waals surface area contributed by atoms with Gasteiger partial charge in [0.05, 0.1) is 26.1 Å². The van der Waals surface area contributed by atoms with Crippen LogP contribution in [0.3, 0.4) is 0 Å². The van der Waals surface area contributed by atoms with E-state index in [-0.39, 0.29) is 23.0 Å². The molecule has 3 aliphatic heterocycles. The fourth-order valence-electron chi connectivity index (χ4n) is 9.61. The number of ether oxygens (including phenoxy) is 4. The highest BCUT2D eigenvalue weighted by Crippen LogP contribution is 2.55. The zero-order valence-corrected chi connectivity index (χ0v) is 36.0. The van der Waals surface area contributed by atoms with Crippen LogP contribution in [-0.4, -0.2) is 25.4 Å². The Kier molecular flexibility index (Phi) is 9.88. The van der Waals surface area contributed by atoms with Crippen molar-refractivity contribution in [1.29, 1.82) is 0 Å². The highest BCUT2D eigenvalue weighted by atomic mass is 16.5. The standard InChI is InChI=1S/C30H35NO3.C20H25NO/c1-17-9-11-21(12-10-17)27-26-20(4)28(18(2)19(3)29(26)34-30(27,5)6)31-15-22-13-24(32-7)25(33-8)14-23(22)16-31;1-11-7-9-15(10-8-11)17-16-14(4)18(21)12(2)13(3)19(16)22-20(17,5)6/h9-14,27H,15-16H2,1-8H3;7-10,17H,21H2,1-6H3. The first-order valence-corrected chi connectivity index (χ1v) is 19.9. The number of nitrogens with zero attached hydrogens (tertiary/aromatic N) is 1. The number of fused-ring (bicyclic) bond motifs is 3. The number of rotatable bonds is 5. The maximum absolute atomic E-state index is 6.67. The molecule has 0 spiro atoms. The van der Waals surface area contributed by atoms with Gasteiger partial charge in [-0.1, -0.05) is 59.7 Å². The largest absolute Gasteiger partial charge is 0.493 e. The van der Waals surface area contributed by atoms with E-state index in [1.807, 2.05) is 0 Å². The molecule has 8 rings (SSSR count). The van der Waals surface area contributed by atoms with Crippen molar-refractivity contribution in [2.24, 2.45) is 0 Å². The van der Waals surface area contributed by atoms with Gasteiger partial charge in [0.2, 0.25) is 0 Å². The van der Waals surface area contributed by atoms with Crippen LogP contribution in [0.15, 0.2) is 60.7 Å². The van der Waals surface area contributed by atoms with Crippen LogP contribution in [0.1, 0.15) is 117 Å². The van der Waals surface area contributed by atoms with Crippen LogP contribution < -0.4 is 29.6 Å². The SMILES string of the molecule is COc1cc2c(cc1OC)CN(c1c(C)c(C)c3c(c1C)C(c1ccc(C)cc1)C(C)(C)O3)C2.Cc1ccc(C2c3c(C)c(N)c(C)c(C)c3OC2(C)C)cc1. The first kappa shape index (κ1) is 39.1. The van der Waals surface area contributed by atoms with E-state index in [2.05, 4.69) is 149 Å². The number of hydrogen-bond donors (Lipinski definition) is 1. The Morgan fingerprint density at radius 3 is 1.36 bits per heavy atom. The van der Waals surface area contributed by atoms with Gasteiger partial charge in [0.25, 0.3) is 0 Å². The lowest BCUT2D eigenvalue weighted by molar-refractivity contribution is 0.121. The molecule has 3 heterocycles. The summed E-state index contributed by atoms with van der Waals surface area (Å²) in [4.78, 5) is 2.50. The minimum absolute atomic E-state index is 0.186. The topological polar surface area (TPSA) is 66.2 Å². The predicted octanol–water partition coefficient (Wildman–Crippen LogP) is 11.6. The number of hydrogen-bond acceptors (Lipinski definition) is 6. The Bertz CT molecular complexity index is 2300. The van der Waals surface area contributed by atoms with Crippen molar-refractivity contribution in [3.8, 4) is 23.0 Å². The second kappa shape index (κ2) is 14.1. The van der Waals surface area contributed by atoms with Crippen molar-refractivity contribution in [3.63, 3.8) is 0 Å². The second-order valence-corrected chi connectivity index (χ2v) is 17.4. The number of benzene rings is 5. The van der Waals surface area contributed by atoms with Gasteiger partial charge >= 0.3 is 0 Å². The zero-order chi connectivity index (χ0) is 40.6. The van der Waals surface area contributed by atoms with E-state index < -0.39 is 0 Å². The van der Waals surface area contributed by atoms with Gasteiger partial charge in [0.15, 0.2) is 11.5 Å². The normalized spacial score (nSPS) is 18.3. The summed E-state index contributed by atoms with van der Waals surface area (Å²) in [7, 11) is 3.39. The third kappa shape index (κ3) is 6.35. The van der Waals surface area contributed by atoms with E-state index in [1.54, 1.807) is 14.2 Å². The van der Waals surface area contributed by atoms with E-state index in [9.17, 15) is 0 Å². The molecule has 3 aliphatic rings. The summed E-state index contributed by atoms with van der Waals surface area (Å²) in [5.41, 5.74) is 25.6. The summed E-state index contributed by atoms with van der Waals surface area (Å²) in [6, 6.07) is 22.0. The van der Waals surface area contributed by atoms with Crippen LogP contribution in [0.2, 0.25) is 0 Å². The van der Waals surface area contributed by atoms with Crippen LogP contribution in [0, 0.1) is 55.4 Å². The molecule has 0 saturated carbocycles. The quantitative estimate of drug-likeness (QED) is 0.180. The van der Waals surface area contributed by atoms with Gasteiger partial charge in [0.1, 0.15) is 22.7 Å². The van der Waals surface area contributed by atoms with Crippen LogP contribution in [0.5, 0.6) is 23.0 Å². The Hall–Kier alpha value is -5.10. The van der Waals surface area contributed by atoms with E-state index in [4.69, 9.17) is 24.7 Å². The van der Waals surface area contributed by atoms with Gasteiger partial charge in [0, 0.05) is 35.6 Å². The number of nitrogen functional groups attached to an aromatic ring is 1. The van der Waals surface area contributed by atoms with Crippen molar-refractivity contribution in [1.82, 2.24) is 0 Å². The lowest BCUT2D eigenvalue weighted by Crippen LogP contribution is -2.31. The smallest absolute Gasteiger partial charge is 0.161 e. The molecule has 0 fully saturated rings. The molecule has 294 valence electrons. The average molecular weight is 753 g/mol. The molecule has 56 heavy (non-hydrogen) atoms. The lowest BCUT2D eigenvalue weighted by Gasteiger charge is -2.28. The summed E-state index contributed by atoms with van der Waals surface area (Å²) in [5.74, 6) is 4.07. The molecule has 0 aromatic heterocycles. The summed E-state index contributed by atoms with van der Waals surface area (Å²) in [5, 5.41) is 0. The minimum Gasteiger partial charge on any atom is -0.493 e. The lowest BCUT2D eigenvalue weighted by atomic mass is 9.78. The van der Waals surface area contributed by atoms with Crippen molar-refractivity contribution < 1.29 is 18.9 Å². The second-order valence-electron chi connectivity index (χ2n) is 17.4. The van der Waals surface area contributed by atoms with Gasteiger partial charge in [-0.25, -0.2) is 0 Å². The molecule has 0 aliphatic carbocycles. The molecule has 6 heteroatoms. The molecule has 2 unspecified atom stereocenters. The Balaban J connectivity index is 0.000000189. The molecule has 6 nitrogen and oxygen atoms in total. The number of aryl methyl sites for hydroxylation is 2. The fourth-order valence-corrected chi connectivity index (χ4v) is 9.61. The fraction of sp³-hybridized carbons (Fsp3) is 0.400.